The Labute approximate surface area is 125 Å². The van der Waals surface area contributed by atoms with Crippen LogP contribution in [0.25, 0.3) is 22.3 Å². The van der Waals surface area contributed by atoms with Crippen molar-refractivity contribution < 1.29 is 4.39 Å². The zero-order valence-electron chi connectivity index (χ0n) is 10.5. The minimum absolute atomic E-state index is 0.219. The lowest BCUT2D eigenvalue weighted by Crippen LogP contribution is -1.96. The molecule has 1 heterocycles. The smallest absolute Gasteiger partial charge is 0.164 e. The van der Waals surface area contributed by atoms with E-state index in [1.54, 1.807) is 43.3 Å². The van der Waals surface area contributed by atoms with Crippen molar-refractivity contribution in [2.75, 3.05) is 0 Å². The van der Waals surface area contributed by atoms with Crippen molar-refractivity contribution in [2.45, 2.75) is 6.92 Å². The molecule has 0 N–H and O–H groups in total. The highest BCUT2D eigenvalue weighted by Gasteiger charge is 2.14. The molecule has 0 bridgehead atoms. The summed E-state index contributed by atoms with van der Waals surface area (Å²) in [4.78, 5) is 8.51. The van der Waals surface area contributed by atoms with Gasteiger partial charge in [-0.15, -0.1) is 0 Å². The number of rotatable bonds is 1. The van der Waals surface area contributed by atoms with Gasteiger partial charge in [-0.2, -0.15) is 0 Å². The lowest BCUT2D eigenvalue weighted by Gasteiger charge is -2.07. The van der Waals surface area contributed by atoms with Crippen molar-refractivity contribution >= 4 is 34.1 Å². The van der Waals surface area contributed by atoms with Gasteiger partial charge in [0.25, 0.3) is 0 Å². The van der Waals surface area contributed by atoms with Crippen molar-refractivity contribution in [2.24, 2.45) is 0 Å². The van der Waals surface area contributed by atoms with Crippen LogP contribution in [0.5, 0.6) is 0 Å². The molecular formula is C15H9Cl2FN2. The third kappa shape index (κ3) is 2.13. The van der Waals surface area contributed by atoms with Gasteiger partial charge in [-0.3, -0.25) is 0 Å². The molecule has 0 aliphatic rings. The second-order valence-corrected chi connectivity index (χ2v) is 5.17. The molecule has 2 aromatic carbocycles. The average Bonchev–Trinajstić information content (AvgIpc) is 2.41. The van der Waals surface area contributed by atoms with Gasteiger partial charge in [0.1, 0.15) is 11.0 Å². The number of aryl methyl sites for hydroxylation is 1. The zero-order valence-corrected chi connectivity index (χ0v) is 12.0. The fraction of sp³-hybridized carbons (Fsp3) is 0.0667. The third-order valence-electron chi connectivity index (χ3n) is 3.06. The Kier molecular flexibility index (Phi) is 3.32. The van der Waals surface area contributed by atoms with E-state index in [9.17, 15) is 4.39 Å². The van der Waals surface area contributed by atoms with E-state index in [2.05, 4.69) is 9.97 Å². The lowest BCUT2D eigenvalue weighted by molar-refractivity contribution is 0.621. The second kappa shape index (κ2) is 5.00. The van der Waals surface area contributed by atoms with Gasteiger partial charge in [0.15, 0.2) is 5.82 Å². The van der Waals surface area contributed by atoms with Crippen LogP contribution in [0.1, 0.15) is 5.56 Å². The van der Waals surface area contributed by atoms with Crippen molar-refractivity contribution in [3.8, 4) is 11.4 Å². The minimum atomic E-state index is -0.343. The number of benzene rings is 2. The molecular weight excluding hydrogens is 298 g/mol. The molecule has 2 nitrogen and oxygen atoms in total. The van der Waals surface area contributed by atoms with E-state index < -0.39 is 0 Å². The van der Waals surface area contributed by atoms with Crippen LogP contribution in [0.2, 0.25) is 10.2 Å². The van der Waals surface area contributed by atoms with Crippen molar-refractivity contribution in [3.63, 3.8) is 0 Å². The Morgan fingerprint density at radius 1 is 1.00 bits per heavy atom. The fourth-order valence-corrected chi connectivity index (χ4v) is 2.62. The van der Waals surface area contributed by atoms with Crippen molar-refractivity contribution in [1.29, 1.82) is 0 Å². The van der Waals surface area contributed by atoms with Gasteiger partial charge in [0.2, 0.25) is 0 Å². The Hall–Kier alpha value is -1.71. The van der Waals surface area contributed by atoms with Gasteiger partial charge in [0.05, 0.1) is 21.5 Å². The summed E-state index contributed by atoms with van der Waals surface area (Å²) in [5, 5.41) is 1.27. The monoisotopic (exact) mass is 306 g/mol. The SMILES string of the molecule is Cc1cccc(-c2nc(Cl)c3c(Cl)cccc3n2)c1F. The lowest BCUT2D eigenvalue weighted by atomic mass is 10.1. The number of hydrogen-bond acceptors (Lipinski definition) is 2. The second-order valence-electron chi connectivity index (χ2n) is 4.41. The molecule has 100 valence electrons. The Morgan fingerprint density at radius 2 is 1.75 bits per heavy atom. The number of aromatic nitrogens is 2. The van der Waals surface area contributed by atoms with Crippen LogP contribution in [0.4, 0.5) is 4.39 Å². The molecule has 3 aromatic rings. The van der Waals surface area contributed by atoms with E-state index in [4.69, 9.17) is 23.2 Å². The maximum absolute atomic E-state index is 14.1. The molecule has 0 fully saturated rings. The Bertz CT molecular complexity index is 818. The van der Waals surface area contributed by atoms with Gasteiger partial charge >= 0.3 is 0 Å². The first-order valence-electron chi connectivity index (χ1n) is 5.95. The van der Waals surface area contributed by atoms with Crippen LogP contribution in [0.3, 0.4) is 0 Å². The zero-order chi connectivity index (χ0) is 14.3. The first kappa shape index (κ1) is 13.3. The molecule has 3 rings (SSSR count). The maximum atomic E-state index is 14.1. The molecule has 0 aliphatic carbocycles. The third-order valence-corrected chi connectivity index (χ3v) is 3.65. The first-order valence-corrected chi connectivity index (χ1v) is 6.71. The highest BCUT2D eigenvalue weighted by Crippen LogP contribution is 2.31. The number of fused-ring (bicyclic) bond motifs is 1. The van der Waals surface area contributed by atoms with Gasteiger partial charge in [-0.1, -0.05) is 41.4 Å². The molecule has 0 radical (unpaired) electrons. The van der Waals surface area contributed by atoms with E-state index in [1.165, 1.54) is 0 Å². The molecule has 1 aromatic heterocycles. The number of hydrogen-bond donors (Lipinski definition) is 0. The summed E-state index contributed by atoms with van der Waals surface area (Å²) in [6, 6.07) is 10.3. The normalized spacial score (nSPS) is 11.0. The van der Waals surface area contributed by atoms with Crippen LogP contribution >= 0.6 is 23.2 Å². The summed E-state index contributed by atoms with van der Waals surface area (Å²) < 4.78 is 14.1. The largest absolute Gasteiger partial charge is 0.228 e. The number of halogens is 3. The molecule has 0 amide bonds. The van der Waals surface area contributed by atoms with E-state index >= 15 is 0 Å². The van der Waals surface area contributed by atoms with Crippen LogP contribution in [-0.4, -0.2) is 9.97 Å². The minimum Gasteiger partial charge on any atom is -0.228 e. The molecule has 20 heavy (non-hydrogen) atoms. The Balaban J connectivity index is 2.31. The first-order chi connectivity index (χ1) is 9.58. The highest BCUT2D eigenvalue weighted by atomic mass is 35.5. The highest BCUT2D eigenvalue weighted by molar-refractivity contribution is 6.41. The molecule has 0 spiro atoms. The van der Waals surface area contributed by atoms with E-state index in [-0.39, 0.29) is 16.8 Å². The van der Waals surface area contributed by atoms with Crippen LogP contribution in [0.15, 0.2) is 36.4 Å². The molecule has 0 unspecified atom stereocenters. The molecule has 0 saturated carbocycles. The standard InChI is InChI=1S/C15H9Cl2FN2/c1-8-4-2-5-9(13(8)18)15-19-11-7-3-6-10(16)12(11)14(17)20-15/h2-7H,1H3. The molecule has 0 saturated heterocycles. The van der Waals surface area contributed by atoms with E-state index in [1.807, 2.05) is 0 Å². The van der Waals surface area contributed by atoms with Crippen molar-refractivity contribution in [3.05, 3.63) is 58.0 Å². The van der Waals surface area contributed by atoms with Crippen LogP contribution in [0, 0.1) is 12.7 Å². The van der Waals surface area contributed by atoms with Gasteiger partial charge in [-0.25, -0.2) is 14.4 Å². The fourth-order valence-electron chi connectivity index (χ4n) is 2.04. The summed E-state index contributed by atoms with van der Waals surface area (Å²) in [7, 11) is 0. The predicted octanol–water partition coefficient (Wildman–Crippen LogP) is 5.05. The summed E-state index contributed by atoms with van der Waals surface area (Å²) in [6.07, 6.45) is 0. The average molecular weight is 307 g/mol. The summed E-state index contributed by atoms with van der Waals surface area (Å²) in [5.74, 6) is -0.0871. The van der Waals surface area contributed by atoms with E-state index in [0.29, 0.717) is 27.1 Å². The quantitative estimate of drug-likeness (QED) is 0.588. The van der Waals surface area contributed by atoms with E-state index in [0.717, 1.165) is 0 Å². The maximum Gasteiger partial charge on any atom is 0.164 e. The van der Waals surface area contributed by atoms with Crippen LogP contribution in [-0.2, 0) is 0 Å². The molecule has 0 atom stereocenters. The summed E-state index contributed by atoms with van der Waals surface area (Å²) in [5.41, 5.74) is 1.45. The topological polar surface area (TPSA) is 25.8 Å². The molecule has 0 aliphatic heterocycles. The summed E-state index contributed by atoms with van der Waals surface area (Å²) >= 11 is 12.2. The van der Waals surface area contributed by atoms with Gasteiger partial charge in [0, 0.05) is 0 Å². The summed E-state index contributed by atoms with van der Waals surface area (Å²) in [6.45, 7) is 1.69. The van der Waals surface area contributed by atoms with Crippen molar-refractivity contribution in [1.82, 2.24) is 9.97 Å². The van der Waals surface area contributed by atoms with Gasteiger partial charge < -0.3 is 0 Å². The van der Waals surface area contributed by atoms with Crippen LogP contribution < -0.4 is 0 Å². The van der Waals surface area contributed by atoms with Gasteiger partial charge in [-0.05, 0) is 30.7 Å². The predicted molar refractivity (Wildman–Crippen MR) is 79.7 cm³/mol. The Morgan fingerprint density at radius 3 is 2.55 bits per heavy atom. The number of nitrogens with zero attached hydrogens (tertiary/aromatic N) is 2. The molecule has 5 heteroatoms.